The fourth-order valence-corrected chi connectivity index (χ4v) is 2.81. The maximum atomic E-state index is 10.8. The van der Waals surface area contributed by atoms with Gasteiger partial charge in [0.1, 0.15) is 0 Å². The van der Waals surface area contributed by atoms with Crippen LogP contribution in [0.1, 0.15) is 22.9 Å². The molecule has 0 amide bonds. The topological polar surface area (TPSA) is 63.3 Å². The summed E-state index contributed by atoms with van der Waals surface area (Å²) >= 11 is 1.61. The summed E-state index contributed by atoms with van der Waals surface area (Å²) in [7, 11) is 0. The van der Waals surface area contributed by atoms with Crippen molar-refractivity contribution in [2.24, 2.45) is 11.7 Å². The van der Waals surface area contributed by atoms with Crippen molar-refractivity contribution in [1.82, 2.24) is 0 Å². The molecule has 3 N–H and O–H groups in total. The van der Waals surface area contributed by atoms with Crippen molar-refractivity contribution >= 4 is 17.3 Å². The van der Waals surface area contributed by atoms with Crippen molar-refractivity contribution < 1.29 is 9.90 Å². The number of nitrogens with two attached hydrogens (primary N) is 1. The lowest BCUT2D eigenvalue weighted by molar-refractivity contribution is -0.142. The minimum Gasteiger partial charge on any atom is -0.481 e. The lowest BCUT2D eigenvalue weighted by Crippen LogP contribution is -2.27. The standard InChI is InChI=1S/C9H11NO2S/c10-7-3-5(9(11)12)4-8-6(7)1-2-13-8/h1-2,5,7H,3-4,10H2,(H,11,12). The molecule has 0 aromatic carbocycles. The Morgan fingerprint density at radius 1 is 1.69 bits per heavy atom. The molecule has 0 radical (unpaired) electrons. The van der Waals surface area contributed by atoms with Crippen LogP contribution in [0.25, 0.3) is 0 Å². The summed E-state index contributed by atoms with van der Waals surface area (Å²) in [5.41, 5.74) is 7.00. The van der Waals surface area contributed by atoms with E-state index in [-0.39, 0.29) is 12.0 Å². The van der Waals surface area contributed by atoms with Gasteiger partial charge in [-0.2, -0.15) is 0 Å². The van der Waals surface area contributed by atoms with Gasteiger partial charge < -0.3 is 10.8 Å². The SMILES string of the molecule is NC1CC(C(=O)O)Cc2sccc21. The number of carboxylic acids is 1. The van der Waals surface area contributed by atoms with Gasteiger partial charge in [0.15, 0.2) is 0 Å². The number of carboxylic acid groups (broad SMARTS) is 1. The molecule has 1 aliphatic rings. The third-order valence-electron chi connectivity index (χ3n) is 2.50. The van der Waals surface area contributed by atoms with Crippen molar-refractivity contribution in [2.75, 3.05) is 0 Å². The van der Waals surface area contributed by atoms with Crippen LogP contribution >= 0.6 is 11.3 Å². The van der Waals surface area contributed by atoms with Crippen LogP contribution in [-0.4, -0.2) is 11.1 Å². The highest BCUT2D eigenvalue weighted by Crippen LogP contribution is 2.34. The van der Waals surface area contributed by atoms with E-state index in [0.717, 1.165) is 10.4 Å². The Morgan fingerprint density at radius 2 is 2.46 bits per heavy atom. The fourth-order valence-electron chi connectivity index (χ4n) is 1.78. The lowest BCUT2D eigenvalue weighted by atomic mass is 9.86. The highest BCUT2D eigenvalue weighted by molar-refractivity contribution is 7.10. The molecule has 1 heterocycles. The number of rotatable bonds is 1. The average molecular weight is 197 g/mol. The molecule has 0 bridgehead atoms. The zero-order valence-electron chi connectivity index (χ0n) is 7.06. The molecule has 3 nitrogen and oxygen atoms in total. The van der Waals surface area contributed by atoms with Gasteiger partial charge in [-0.3, -0.25) is 4.79 Å². The minimum atomic E-state index is -0.727. The predicted molar refractivity (Wildman–Crippen MR) is 50.7 cm³/mol. The summed E-state index contributed by atoms with van der Waals surface area (Å²) in [6.07, 6.45) is 1.22. The van der Waals surface area contributed by atoms with Gasteiger partial charge in [-0.05, 0) is 29.9 Å². The Labute approximate surface area is 80.2 Å². The molecule has 0 aliphatic heterocycles. The predicted octanol–water partition coefficient (Wildman–Crippen LogP) is 1.39. The average Bonchev–Trinajstić information content (AvgIpc) is 2.51. The first-order valence-electron chi connectivity index (χ1n) is 4.23. The molecule has 0 fully saturated rings. The number of carbonyl (C=O) groups is 1. The Kier molecular flexibility index (Phi) is 2.09. The van der Waals surface area contributed by atoms with Crippen LogP contribution in [0, 0.1) is 5.92 Å². The van der Waals surface area contributed by atoms with Crippen molar-refractivity contribution in [3.8, 4) is 0 Å². The van der Waals surface area contributed by atoms with E-state index in [9.17, 15) is 4.79 Å². The second kappa shape index (κ2) is 3.12. The molecular weight excluding hydrogens is 186 g/mol. The molecule has 2 unspecified atom stereocenters. The summed E-state index contributed by atoms with van der Waals surface area (Å²) in [5.74, 6) is -1.02. The van der Waals surface area contributed by atoms with Gasteiger partial charge in [0.2, 0.25) is 0 Å². The monoisotopic (exact) mass is 197 g/mol. The van der Waals surface area contributed by atoms with Gasteiger partial charge in [-0.15, -0.1) is 11.3 Å². The molecule has 1 aromatic rings. The number of aliphatic carboxylic acids is 1. The molecular formula is C9H11NO2S. The number of hydrogen-bond donors (Lipinski definition) is 2. The molecule has 2 rings (SSSR count). The Balaban J connectivity index is 2.28. The molecule has 4 heteroatoms. The first-order chi connectivity index (χ1) is 6.18. The Morgan fingerprint density at radius 3 is 3.15 bits per heavy atom. The van der Waals surface area contributed by atoms with Crippen LogP contribution < -0.4 is 5.73 Å². The van der Waals surface area contributed by atoms with Crippen molar-refractivity contribution in [3.05, 3.63) is 21.9 Å². The minimum absolute atomic E-state index is 0.0869. The fraction of sp³-hybridized carbons (Fsp3) is 0.444. The second-order valence-electron chi connectivity index (χ2n) is 3.38. The molecule has 0 saturated heterocycles. The van der Waals surface area contributed by atoms with E-state index >= 15 is 0 Å². The maximum Gasteiger partial charge on any atom is 0.306 e. The maximum absolute atomic E-state index is 10.8. The summed E-state index contributed by atoms with van der Waals surface area (Å²) in [4.78, 5) is 11.9. The quantitative estimate of drug-likeness (QED) is 0.715. The van der Waals surface area contributed by atoms with Gasteiger partial charge >= 0.3 is 5.97 Å². The van der Waals surface area contributed by atoms with E-state index in [1.165, 1.54) is 0 Å². The number of hydrogen-bond acceptors (Lipinski definition) is 3. The van der Waals surface area contributed by atoms with E-state index < -0.39 is 5.97 Å². The van der Waals surface area contributed by atoms with E-state index in [2.05, 4.69) is 0 Å². The highest BCUT2D eigenvalue weighted by Gasteiger charge is 2.29. The third-order valence-corrected chi connectivity index (χ3v) is 3.46. The zero-order valence-corrected chi connectivity index (χ0v) is 7.88. The van der Waals surface area contributed by atoms with E-state index in [1.807, 2.05) is 11.4 Å². The lowest BCUT2D eigenvalue weighted by Gasteiger charge is -2.23. The smallest absolute Gasteiger partial charge is 0.306 e. The second-order valence-corrected chi connectivity index (χ2v) is 4.38. The normalized spacial score (nSPS) is 26.8. The van der Waals surface area contributed by atoms with Gasteiger partial charge in [-0.25, -0.2) is 0 Å². The van der Waals surface area contributed by atoms with Crippen LogP contribution in [0.5, 0.6) is 0 Å². The number of thiophene rings is 1. The summed E-state index contributed by atoms with van der Waals surface area (Å²) in [5, 5.41) is 10.8. The molecule has 1 aliphatic carbocycles. The Hall–Kier alpha value is -0.870. The van der Waals surface area contributed by atoms with E-state index in [0.29, 0.717) is 12.8 Å². The molecule has 2 atom stereocenters. The van der Waals surface area contributed by atoms with Crippen LogP contribution in [0.2, 0.25) is 0 Å². The first kappa shape index (κ1) is 8.72. The first-order valence-corrected chi connectivity index (χ1v) is 5.11. The molecule has 13 heavy (non-hydrogen) atoms. The van der Waals surface area contributed by atoms with Crippen molar-refractivity contribution in [2.45, 2.75) is 18.9 Å². The van der Waals surface area contributed by atoms with Crippen molar-refractivity contribution in [3.63, 3.8) is 0 Å². The van der Waals surface area contributed by atoms with E-state index in [4.69, 9.17) is 10.8 Å². The summed E-state index contributed by atoms with van der Waals surface area (Å²) in [6.45, 7) is 0. The largest absolute Gasteiger partial charge is 0.481 e. The van der Waals surface area contributed by atoms with Gasteiger partial charge in [0.25, 0.3) is 0 Å². The zero-order chi connectivity index (χ0) is 9.42. The summed E-state index contributed by atoms with van der Waals surface area (Å²) in [6, 6.07) is 1.92. The highest BCUT2D eigenvalue weighted by atomic mass is 32.1. The van der Waals surface area contributed by atoms with E-state index in [1.54, 1.807) is 11.3 Å². The van der Waals surface area contributed by atoms with Crippen LogP contribution in [0.3, 0.4) is 0 Å². The van der Waals surface area contributed by atoms with Gasteiger partial charge in [0, 0.05) is 10.9 Å². The van der Waals surface area contributed by atoms with Crippen LogP contribution in [0.4, 0.5) is 0 Å². The molecule has 0 spiro atoms. The number of fused-ring (bicyclic) bond motifs is 1. The molecule has 0 saturated carbocycles. The van der Waals surface area contributed by atoms with Crippen LogP contribution in [-0.2, 0) is 11.2 Å². The summed E-state index contributed by atoms with van der Waals surface area (Å²) < 4.78 is 0. The molecule has 70 valence electrons. The van der Waals surface area contributed by atoms with Gasteiger partial charge in [0.05, 0.1) is 5.92 Å². The van der Waals surface area contributed by atoms with Crippen molar-refractivity contribution in [1.29, 1.82) is 0 Å². The molecule has 1 aromatic heterocycles. The third kappa shape index (κ3) is 1.47. The van der Waals surface area contributed by atoms with Gasteiger partial charge in [-0.1, -0.05) is 0 Å². The van der Waals surface area contributed by atoms with Crippen LogP contribution in [0.15, 0.2) is 11.4 Å². The Bertz CT molecular complexity index is 334.